The summed E-state index contributed by atoms with van der Waals surface area (Å²) in [5, 5.41) is 8.42. The summed E-state index contributed by atoms with van der Waals surface area (Å²) in [6.07, 6.45) is 0. The number of carbonyl (C=O) groups is 2. The molecule has 0 fully saturated rings. The molecule has 0 aliphatic heterocycles. The lowest BCUT2D eigenvalue weighted by Gasteiger charge is -2.10. The average molecular weight is 435 g/mol. The van der Waals surface area contributed by atoms with E-state index < -0.39 is 0 Å². The van der Waals surface area contributed by atoms with Crippen molar-refractivity contribution in [3.8, 4) is 0 Å². The van der Waals surface area contributed by atoms with Gasteiger partial charge in [0.2, 0.25) is 0 Å². The van der Waals surface area contributed by atoms with Crippen molar-refractivity contribution in [2.24, 2.45) is 0 Å². The van der Waals surface area contributed by atoms with Crippen molar-refractivity contribution >= 4 is 57.2 Å². The zero-order chi connectivity index (χ0) is 21.1. The Kier molecular flexibility index (Phi) is 5.70. The molecule has 0 aromatic heterocycles. The highest BCUT2D eigenvalue weighted by Crippen LogP contribution is 2.23. The van der Waals surface area contributed by atoms with E-state index in [-0.39, 0.29) is 16.8 Å². The Balaban J connectivity index is 1.49. The highest BCUT2D eigenvalue weighted by Gasteiger charge is 2.12. The largest absolute Gasteiger partial charge is 0.322 e. The van der Waals surface area contributed by atoms with E-state index >= 15 is 0 Å². The summed E-state index contributed by atoms with van der Waals surface area (Å²) in [5.74, 6) is -0.598. The summed E-state index contributed by atoms with van der Waals surface area (Å²) in [5.41, 5.74) is 1.96. The van der Waals surface area contributed by atoms with Crippen LogP contribution in [-0.4, -0.2) is 11.8 Å². The van der Waals surface area contributed by atoms with Crippen molar-refractivity contribution in [1.29, 1.82) is 0 Å². The van der Waals surface area contributed by atoms with Crippen LogP contribution in [0, 0.1) is 0 Å². The maximum absolute atomic E-state index is 12.7. The summed E-state index contributed by atoms with van der Waals surface area (Å²) in [4.78, 5) is 25.2. The van der Waals surface area contributed by atoms with Gasteiger partial charge in [0.15, 0.2) is 0 Å². The summed E-state index contributed by atoms with van der Waals surface area (Å²) >= 11 is 12.0. The monoisotopic (exact) mass is 434 g/mol. The Morgan fingerprint density at radius 2 is 1.33 bits per heavy atom. The smallest absolute Gasteiger partial charge is 0.257 e. The number of amides is 2. The minimum atomic E-state index is -0.366. The first-order valence-electron chi connectivity index (χ1n) is 9.16. The summed E-state index contributed by atoms with van der Waals surface area (Å²) < 4.78 is 0. The van der Waals surface area contributed by atoms with Crippen LogP contribution in [0.3, 0.4) is 0 Å². The second-order valence-electron chi connectivity index (χ2n) is 6.68. The normalized spacial score (nSPS) is 10.6. The van der Waals surface area contributed by atoms with Crippen LogP contribution in [0.4, 0.5) is 11.4 Å². The lowest BCUT2D eigenvalue weighted by Crippen LogP contribution is -2.14. The molecule has 2 N–H and O–H groups in total. The van der Waals surface area contributed by atoms with Gasteiger partial charge >= 0.3 is 0 Å². The highest BCUT2D eigenvalue weighted by molar-refractivity contribution is 6.37. The van der Waals surface area contributed by atoms with E-state index in [0.717, 1.165) is 10.8 Å². The van der Waals surface area contributed by atoms with Crippen molar-refractivity contribution in [1.82, 2.24) is 0 Å². The lowest BCUT2D eigenvalue weighted by molar-refractivity contribution is 0.101. The number of halogens is 2. The number of fused-ring (bicyclic) bond motifs is 1. The van der Waals surface area contributed by atoms with E-state index in [9.17, 15) is 9.59 Å². The predicted molar refractivity (Wildman–Crippen MR) is 123 cm³/mol. The molecule has 0 aliphatic carbocycles. The van der Waals surface area contributed by atoms with Gasteiger partial charge in [0.25, 0.3) is 11.8 Å². The lowest BCUT2D eigenvalue weighted by atomic mass is 10.1. The van der Waals surface area contributed by atoms with E-state index in [1.54, 1.807) is 42.5 Å². The molecule has 0 radical (unpaired) electrons. The van der Waals surface area contributed by atoms with Crippen molar-refractivity contribution in [3.05, 3.63) is 106 Å². The average Bonchev–Trinajstić information content (AvgIpc) is 2.73. The third kappa shape index (κ3) is 4.46. The zero-order valence-corrected chi connectivity index (χ0v) is 17.2. The van der Waals surface area contributed by atoms with Gasteiger partial charge in [0.05, 0.1) is 10.6 Å². The van der Waals surface area contributed by atoms with Gasteiger partial charge in [-0.3, -0.25) is 9.59 Å². The maximum Gasteiger partial charge on any atom is 0.257 e. The molecule has 4 nitrogen and oxygen atoms in total. The first-order chi connectivity index (χ1) is 14.5. The molecule has 0 unspecified atom stereocenters. The van der Waals surface area contributed by atoms with Gasteiger partial charge in [-0.05, 0) is 59.3 Å². The van der Waals surface area contributed by atoms with Crippen LogP contribution in [0.2, 0.25) is 10.0 Å². The first-order valence-corrected chi connectivity index (χ1v) is 9.92. The quantitative estimate of drug-likeness (QED) is 0.377. The van der Waals surface area contributed by atoms with Crippen LogP contribution in [0.25, 0.3) is 10.8 Å². The molecule has 4 aromatic carbocycles. The molecule has 0 atom stereocenters. The molecule has 0 saturated carbocycles. The third-order valence-corrected chi connectivity index (χ3v) is 5.11. The van der Waals surface area contributed by atoms with E-state index in [0.29, 0.717) is 27.5 Å². The fourth-order valence-corrected chi connectivity index (χ4v) is 3.57. The Bertz CT molecular complexity index is 1270. The minimum absolute atomic E-state index is 0.232. The van der Waals surface area contributed by atoms with Crippen molar-refractivity contribution in [2.45, 2.75) is 0 Å². The number of carbonyl (C=O) groups excluding carboxylic acids is 2. The Morgan fingerprint density at radius 1 is 0.633 bits per heavy atom. The number of benzene rings is 4. The first kappa shape index (κ1) is 20.0. The van der Waals surface area contributed by atoms with Gasteiger partial charge in [-0.1, -0.05) is 59.6 Å². The molecule has 0 aliphatic rings. The Labute approximate surface area is 183 Å². The fourth-order valence-electron chi connectivity index (χ4n) is 3.08. The van der Waals surface area contributed by atoms with Gasteiger partial charge in [0.1, 0.15) is 0 Å². The number of anilines is 2. The topological polar surface area (TPSA) is 58.2 Å². The van der Waals surface area contributed by atoms with Crippen molar-refractivity contribution in [3.63, 3.8) is 0 Å². The van der Waals surface area contributed by atoms with Gasteiger partial charge in [0, 0.05) is 22.0 Å². The van der Waals surface area contributed by atoms with Crippen molar-refractivity contribution in [2.75, 3.05) is 10.6 Å². The molecule has 0 heterocycles. The van der Waals surface area contributed by atoms with Crippen LogP contribution in [-0.2, 0) is 0 Å². The van der Waals surface area contributed by atoms with Gasteiger partial charge in [-0.2, -0.15) is 0 Å². The Hall–Kier alpha value is -3.34. The van der Waals surface area contributed by atoms with Crippen LogP contribution in [0.15, 0.2) is 84.9 Å². The molecule has 6 heteroatoms. The highest BCUT2D eigenvalue weighted by atomic mass is 35.5. The molecule has 0 spiro atoms. The molecule has 30 heavy (non-hydrogen) atoms. The van der Waals surface area contributed by atoms with Crippen LogP contribution in [0.1, 0.15) is 20.7 Å². The summed E-state index contributed by atoms with van der Waals surface area (Å²) in [6, 6.07) is 25.0. The van der Waals surface area contributed by atoms with Gasteiger partial charge in [-0.15, -0.1) is 0 Å². The summed E-state index contributed by atoms with van der Waals surface area (Å²) in [7, 11) is 0. The second-order valence-corrected chi connectivity index (χ2v) is 7.52. The third-order valence-electron chi connectivity index (χ3n) is 4.57. The molecule has 0 bridgehead atoms. The van der Waals surface area contributed by atoms with Gasteiger partial charge in [-0.25, -0.2) is 0 Å². The molecule has 0 saturated heterocycles. The van der Waals surface area contributed by atoms with E-state index in [2.05, 4.69) is 10.6 Å². The van der Waals surface area contributed by atoms with E-state index in [1.165, 1.54) is 6.07 Å². The van der Waals surface area contributed by atoms with E-state index in [1.807, 2.05) is 36.4 Å². The maximum atomic E-state index is 12.7. The van der Waals surface area contributed by atoms with Gasteiger partial charge < -0.3 is 10.6 Å². The van der Waals surface area contributed by atoms with Crippen LogP contribution >= 0.6 is 23.2 Å². The zero-order valence-electron chi connectivity index (χ0n) is 15.7. The number of rotatable bonds is 4. The molecule has 148 valence electrons. The predicted octanol–water partition coefficient (Wildman–Crippen LogP) is 6.65. The van der Waals surface area contributed by atoms with Crippen LogP contribution < -0.4 is 10.6 Å². The number of nitrogens with one attached hydrogen (secondary N) is 2. The standard InChI is InChI=1S/C24H16Cl2N2O2/c25-18-10-11-21(22(26)13-18)24(30)28-20-7-3-6-19(14-20)27-23(29)17-9-8-15-4-1-2-5-16(15)12-17/h1-14H,(H,27,29)(H,28,30). The molecule has 4 aromatic rings. The number of hydrogen-bond donors (Lipinski definition) is 2. The fraction of sp³-hybridized carbons (Fsp3) is 0. The minimum Gasteiger partial charge on any atom is -0.322 e. The number of hydrogen-bond acceptors (Lipinski definition) is 2. The molecular weight excluding hydrogens is 419 g/mol. The molecular formula is C24H16Cl2N2O2. The van der Waals surface area contributed by atoms with Crippen molar-refractivity contribution < 1.29 is 9.59 Å². The van der Waals surface area contributed by atoms with E-state index in [4.69, 9.17) is 23.2 Å². The SMILES string of the molecule is O=C(Nc1cccc(NC(=O)c2ccc(Cl)cc2Cl)c1)c1ccc2ccccc2c1. The molecule has 4 rings (SSSR count). The second kappa shape index (κ2) is 8.57. The molecule has 2 amide bonds. The summed E-state index contributed by atoms with van der Waals surface area (Å²) in [6.45, 7) is 0. The van der Waals surface area contributed by atoms with Crippen LogP contribution in [0.5, 0.6) is 0 Å². The Morgan fingerprint density at radius 3 is 2.07 bits per heavy atom.